The number of hydrogen-bond donors (Lipinski definition) is 1. The van der Waals surface area contributed by atoms with E-state index < -0.39 is 35.1 Å². The van der Waals surface area contributed by atoms with Crippen molar-refractivity contribution in [3.63, 3.8) is 0 Å². The van der Waals surface area contributed by atoms with E-state index >= 15 is 0 Å². The smallest absolute Gasteiger partial charge is 0.372 e. The minimum Gasteiger partial charge on any atom is -0.372 e. The molecule has 3 aromatic rings. The molecule has 11 heteroatoms. The van der Waals surface area contributed by atoms with Crippen molar-refractivity contribution in [1.29, 1.82) is 0 Å². The van der Waals surface area contributed by atoms with E-state index in [-0.39, 0.29) is 24.3 Å². The third-order valence-electron chi connectivity index (χ3n) is 6.68. The molecule has 3 heterocycles. The fourth-order valence-electron chi connectivity index (χ4n) is 4.49. The quantitative estimate of drug-likeness (QED) is 0.330. The fourth-order valence-corrected chi connectivity index (χ4v) is 4.49. The molecule has 0 aliphatic carbocycles. The highest BCUT2D eigenvalue weighted by Crippen LogP contribution is 2.38. The number of halogens is 6. The van der Waals surface area contributed by atoms with Crippen LogP contribution in [0.3, 0.4) is 0 Å². The summed E-state index contributed by atoms with van der Waals surface area (Å²) in [5.41, 5.74) is -3.42. The van der Waals surface area contributed by atoms with Crippen LogP contribution in [0.5, 0.6) is 0 Å². The first-order valence-electron chi connectivity index (χ1n) is 12.1. The number of anilines is 2. The summed E-state index contributed by atoms with van der Waals surface area (Å²) < 4.78 is 85.4. The van der Waals surface area contributed by atoms with Crippen molar-refractivity contribution in [2.75, 3.05) is 18.1 Å². The van der Waals surface area contributed by atoms with Crippen molar-refractivity contribution in [1.82, 2.24) is 15.3 Å². The second-order valence-corrected chi connectivity index (χ2v) is 9.67. The lowest BCUT2D eigenvalue weighted by Gasteiger charge is -2.43. The van der Waals surface area contributed by atoms with Crippen LogP contribution in [0.1, 0.15) is 49.5 Å². The summed E-state index contributed by atoms with van der Waals surface area (Å²) >= 11 is 0. The summed E-state index contributed by atoms with van der Waals surface area (Å²) in [7, 11) is 0. The molecule has 1 saturated heterocycles. The van der Waals surface area contributed by atoms with Crippen molar-refractivity contribution >= 4 is 11.6 Å². The number of hydrogen-bond acceptors (Lipinski definition) is 5. The topological polar surface area (TPSA) is 50.3 Å². The highest BCUT2D eigenvalue weighted by atomic mass is 19.4. The predicted octanol–water partition coefficient (Wildman–Crippen LogP) is 6.94. The third-order valence-corrected chi connectivity index (χ3v) is 6.68. The Morgan fingerprint density at radius 1 is 0.947 bits per heavy atom. The molecule has 38 heavy (non-hydrogen) atoms. The molecule has 3 atom stereocenters. The molecule has 1 aliphatic rings. The number of nitrogens with zero attached hydrogens (tertiary/aromatic N) is 3. The van der Waals surface area contributed by atoms with Crippen molar-refractivity contribution in [3.8, 4) is 0 Å². The van der Waals surface area contributed by atoms with E-state index in [9.17, 15) is 26.3 Å². The monoisotopic (exact) mass is 538 g/mol. The lowest BCUT2D eigenvalue weighted by atomic mass is 9.88. The van der Waals surface area contributed by atoms with Crippen LogP contribution < -0.4 is 10.2 Å². The van der Waals surface area contributed by atoms with Crippen molar-refractivity contribution < 1.29 is 31.1 Å². The molecule has 0 saturated carbocycles. The first-order chi connectivity index (χ1) is 17.9. The molecule has 4 rings (SSSR count). The number of ether oxygens (including phenoxy) is 1. The maximum Gasteiger partial charge on any atom is 0.416 e. The van der Waals surface area contributed by atoms with Gasteiger partial charge in [-0.3, -0.25) is 0 Å². The molecule has 1 aliphatic heterocycles. The summed E-state index contributed by atoms with van der Waals surface area (Å²) in [4.78, 5) is 11.0. The Balaban J connectivity index is 1.45. The van der Waals surface area contributed by atoms with E-state index in [0.717, 1.165) is 18.1 Å². The van der Waals surface area contributed by atoms with Gasteiger partial charge in [0.25, 0.3) is 0 Å². The van der Waals surface area contributed by atoms with E-state index in [1.165, 1.54) is 6.92 Å². The summed E-state index contributed by atoms with van der Waals surface area (Å²) in [6.07, 6.45) is -6.00. The maximum absolute atomic E-state index is 13.3. The molecule has 5 nitrogen and oxygen atoms in total. The zero-order valence-corrected chi connectivity index (χ0v) is 20.9. The SMILES string of the molecule is CC(OCC1(C)CCC(N(c2ccccn2)c2ccccn2)CN1)c1cc(C(F)(F)F)cc(C(F)(F)F)c1. The zero-order valence-electron chi connectivity index (χ0n) is 20.9. The van der Waals surface area contributed by atoms with E-state index in [2.05, 4.69) is 20.2 Å². The Morgan fingerprint density at radius 3 is 1.92 bits per heavy atom. The van der Waals surface area contributed by atoms with Crippen LogP contribution in [0.4, 0.5) is 38.0 Å². The van der Waals surface area contributed by atoms with Gasteiger partial charge in [-0.2, -0.15) is 26.3 Å². The molecule has 0 spiro atoms. The van der Waals surface area contributed by atoms with Crippen LogP contribution in [0.15, 0.2) is 67.0 Å². The number of benzene rings is 1. The van der Waals surface area contributed by atoms with Gasteiger partial charge in [-0.15, -0.1) is 0 Å². The van der Waals surface area contributed by atoms with Crippen LogP contribution in [-0.2, 0) is 17.1 Å². The first-order valence-corrected chi connectivity index (χ1v) is 12.1. The van der Waals surface area contributed by atoms with E-state index in [1.54, 1.807) is 12.4 Å². The number of rotatable bonds is 7. The number of pyridine rings is 2. The summed E-state index contributed by atoms with van der Waals surface area (Å²) in [5, 5.41) is 3.46. The van der Waals surface area contributed by atoms with Crippen LogP contribution >= 0.6 is 0 Å². The van der Waals surface area contributed by atoms with Gasteiger partial charge in [-0.25, -0.2) is 9.97 Å². The minimum atomic E-state index is -4.91. The van der Waals surface area contributed by atoms with E-state index in [1.807, 2.05) is 43.3 Å². The number of alkyl halides is 6. The van der Waals surface area contributed by atoms with Gasteiger partial charge >= 0.3 is 12.4 Å². The summed E-state index contributed by atoms with van der Waals surface area (Å²) in [6, 6.07) is 12.8. The predicted molar refractivity (Wildman–Crippen MR) is 131 cm³/mol. The van der Waals surface area contributed by atoms with Crippen LogP contribution in [0.25, 0.3) is 0 Å². The van der Waals surface area contributed by atoms with Crippen molar-refractivity contribution in [2.24, 2.45) is 0 Å². The molecule has 0 radical (unpaired) electrons. The second-order valence-electron chi connectivity index (χ2n) is 9.67. The lowest BCUT2D eigenvalue weighted by Crippen LogP contribution is -2.57. The average molecular weight is 539 g/mol. The summed E-state index contributed by atoms with van der Waals surface area (Å²) in [6.45, 7) is 4.03. The molecule has 1 fully saturated rings. The van der Waals surface area contributed by atoms with Gasteiger partial charge in [0.05, 0.1) is 23.8 Å². The molecular weight excluding hydrogens is 510 g/mol. The Labute approximate surface area is 216 Å². The molecule has 1 aromatic carbocycles. The van der Waals surface area contributed by atoms with Crippen LogP contribution in [-0.4, -0.2) is 34.7 Å². The Kier molecular flexibility index (Phi) is 7.98. The minimum absolute atomic E-state index is 0.0168. The molecule has 0 bridgehead atoms. The van der Waals surface area contributed by atoms with Crippen LogP contribution in [0, 0.1) is 0 Å². The van der Waals surface area contributed by atoms with E-state index in [4.69, 9.17) is 4.74 Å². The molecule has 1 N–H and O–H groups in total. The van der Waals surface area contributed by atoms with Crippen molar-refractivity contribution in [3.05, 3.63) is 83.7 Å². The van der Waals surface area contributed by atoms with Crippen molar-refractivity contribution in [2.45, 2.75) is 56.7 Å². The number of piperidine rings is 1. The van der Waals surface area contributed by atoms with Gasteiger partial charge in [-0.05, 0) is 74.7 Å². The highest BCUT2D eigenvalue weighted by Gasteiger charge is 2.38. The van der Waals surface area contributed by atoms with Crippen LogP contribution in [0.2, 0.25) is 0 Å². The van der Waals surface area contributed by atoms with Gasteiger partial charge in [0.2, 0.25) is 0 Å². The Bertz CT molecular complexity index is 1120. The highest BCUT2D eigenvalue weighted by molar-refractivity contribution is 5.56. The third kappa shape index (κ3) is 6.63. The Morgan fingerprint density at radius 2 is 1.50 bits per heavy atom. The molecule has 204 valence electrons. The normalized spacial score (nSPS) is 21.2. The fraction of sp³-hybridized carbons (Fsp3) is 0.407. The maximum atomic E-state index is 13.3. The van der Waals surface area contributed by atoms with Gasteiger partial charge in [0, 0.05) is 30.5 Å². The lowest BCUT2D eigenvalue weighted by molar-refractivity contribution is -0.143. The van der Waals surface area contributed by atoms with Gasteiger partial charge < -0.3 is 15.0 Å². The van der Waals surface area contributed by atoms with Gasteiger partial charge in [0.1, 0.15) is 11.6 Å². The van der Waals surface area contributed by atoms with E-state index in [0.29, 0.717) is 25.1 Å². The largest absolute Gasteiger partial charge is 0.416 e. The average Bonchev–Trinajstić information content (AvgIpc) is 2.89. The number of nitrogens with one attached hydrogen (secondary N) is 1. The van der Waals surface area contributed by atoms with Gasteiger partial charge in [0.15, 0.2) is 0 Å². The zero-order chi connectivity index (χ0) is 27.6. The molecule has 2 aromatic heterocycles. The molecule has 3 unspecified atom stereocenters. The van der Waals surface area contributed by atoms with Gasteiger partial charge in [-0.1, -0.05) is 12.1 Å². The molecule has 0 amide bonds. The standard InChI is InChI=1S/C27H28F6N4O/c1-18(19-13-20(26(28,29)30)15-21(14-19)27(31,32)33)38-17-25(2)10-9-22(16-36-25)37(23-7-3-5-11-34-23)24-8-4-6-12-35-24/h3-8,11-15,18,22,36H,9-10,16-17H2,1-2H3. The Hall–Kier alpha value is -3.18. The number of aromatic nitrogens is 2. The first kappa shape index (κ1) is 27.8. The summed E-state index contributed by atoms with van der Waals surface area (Å²) in [5.74, 6) is 1.49. The second kappa shape index (κ2) is 10.9. The molecular formula is C27H28F6N4O.